The number of esters is 1. The van der Waals surface area contributed by atoms with Gasteiger partial charge in [0.15, 0.2) is 0 Å². The molecule has 0 heterocycles. The second kappa shape index (κ2) is 7.06. The van der Waals surface area contributed by atoms with Gasteiger partial charge < -0.3 is 4.74 Å². The molecule has 0 spiro atoms. The summed E-state index contributed by atoms with van der Waals surface area (Å²) in [6.45, 7) is 2.17. The largest absolute Gasteiger partial charge is 0.463 e. The highest BCUT2D eigenvalue weighted by molar-refractivity contribution is 9.10. The zero-order valence-electron chi connectivity index (χ0n) is 11.2. The van der Waals surface area contributed by atoms with Crippen LogP contribution in [0.4, 0.5) is 0 Å². The van der Waals surface area contributed by atoms with Crippen LogP contribution >= 0.6 is 15.9 Å². The highest BCUT2D eigenvalue weighted by Crippen LogP contribution is 2.29. The Morgan fingerprint density at radius 1 is 1.10 bits per heavy atom. The molecule has 102 valence electrons. The maximum atomic E-state index is 11.8. The molecule has 3 heteroatoms. The lowest BCUT2D eigenvalue weighted by Crippen LogP contribution is -2.02. The fourth-order valence-corrected chi connectivity index (χ4v) is 2.41. The van der Waals surface area contributed by atoms with E-state index in [0.717, 1.165) is 21.2 Å². The van der Waals surface area contributed by atoms with Crippen LogP contribution in [0.5, 0.6) is 0 Å². The van der Waals surface area contributed by atoms with Crippen molar-refractivity contribution in [3.63, 3.8) is 0 Å². The van der Waals surface area contributed by atoms with Gasteiger partial charge in [0.05, 0.1) is 6.61 Å². The van der Waals surface area contributed by atoms with Crippen molar-refractivity contribution in [3.05, 3.63) is 76.3 Å². The van der Waals surface area contributed by atoms with Gasteiger partial charge in [-0.25, -0.2) is 4.79 Å². The van der Waals surface area contributed by atoms with Gasteiger partial charge in [-0.1, -0.05) is 64.5 Å². The Morgan fingerprint density at radius 2 is 1.75 bits per heavy atom. The van der Waals surface area contributed by atoms with Crippen LogP contribution < -0.4 is 0 Å². The van der Waals surface area contributed by atoms with E-state index < -0.39 is 0 Å². The van der Waals surface area contributed by atoms with Gasteiger partial charge in [-0.2, -0.15) is 0 Å². The maximum Gasteiger partial charge on any atom is 0.331 e. The molecule has 2 aromatic carbocycles. The number of carbonyl (C=O) groups is 1. The van der Waals surface area contributed by atoms with Crippen LogP contribution in [-0.2, 0) is 9.53 Å². The summed E-state index contributed by atoms with van der Waals surface area (Å²) < 4.78 is 5.97. The molecule has 0 saturated carbocycles. The first-order chi connectivity index (χ1) is 9.72. The molecule has 0 aromatic heterocycles. The average molecular weight is 331 g/mol. The summed E-state index contributed by atoms with van der Waals surface area (Å²) in [6.07, 6.45) is 1.54. The molecule has 0 saturated heterocycles. The normalized spacial score (nSPS) is 11.2. The number of benzene rings is 2. The second-order valence-electron chi connectivity index (χ2n) is 4.16. The third-order valence-electron chi connectivity index (χ3n) is 2.80. The van der Waals surface area contributed by atoms with Crippen LogP contribution in [0.15, 0.2) is 65.1 Å². The second-order valence-corrected chi connectivity index (χ2v) is 5.01. The summed E-state index contributed by atoms with van der Waals surface area (Å²) in [5.41, 5.74) is 2.79. The summed E-state index contributed by atoms with van der Waals surface area (Å²) in [6, 6.07) is 17.6. The Balaban J connectivity index is 2.51. The first kappa shape index (κ1) is 14.5. The van der Waals surface area contributed by atoms with Crippen molar-refractivity contribution >= 4 is 27.5 Å². The number of rotatable bonds is 4. The highest BCUT2D eigenvalue weighted by atomic mass is 79.9. The molecular formula is C17H15BrO2. The number of hydrogen-bond acceptors (Lipinski definition) is 2. The summed E-state index contributed by atoms with van der Waals surface area (Å²) >= 11 is 3.53. The smallest absolute Gasteiger partial charge is 0.331 e. The van der Waals surface area contributed by atoms with Crippen molar-refractivity contribution < 1.29 is 9.53 Å². The Morgan fingerprint density at radius 3 is 2.40 bits per heavy atom. The number of hydrogen-bond donors (Lipinski definition) is 0. The van der Waals surface area contributed by atoms with Crippen molar-refractivity contribution in [2.75, 3.05) is 6.61 Å². The minimum atomic E-state index is -0.331. The quantitative estimate of drug-likeness (QED) is 0.611. The van der Waals surface area contributed by atoms with Crippen LogP contribution in [0.3, 0.4) is 0 Å². The van der Waals surface area contributed by atoms with E-state index >= 15 is 0 Å². The van der Waals surface area contributed by atoms with E-state index in [1.807, 2.05) is 54.6 Å². The summed E-state index contributed by atoms with van der Waals surface area (Å²) in [7, 11) is 0. The molecule has 0 atom stereocenters. The Bertz CT molecular complexity index is 618. The Kier molecular flexibility index (Phi) is 5.13. The number of ether oxygens (including phenoxy) is 1. The van der Waals surface area contributed by atoms with E-state index in [0.29, 0.717) is 6.61 Å². The van der Waals surface area contributed by atoms with Gasteiger partial charge in [0.2, 0.25) is 0 Å². The third kappa shape index (κ3) is 3.58. The zero-order valence-corrected chi connectivity index (χ0v) is 12.8. The molecule has 0 unspecified atom stereocenters. The SMILES string of the molecule is CCOC(=O)/C=C(\c1ccccc1)c1ccccc1Br. The van der Waals surface area contributed by atoms with Crippen LogP contribution in [0.2, 0.25) is 0 Å². The molecule has 0 fully saturated rings. The highest BCUT2D eigenvalue weighted by Gasteiger charge is 2.10. The van der Waals surface area contributed by atoms with Crippen LogP contribution in [0.1, 0.15) is 18.1 Å². The van der Waals surface area contributed by atoms with Crippen LogP contribution in [0.25, 0.3) is 5.57 Å². The standard InChI is InChI=1S/C17H15BrO2/c1-2-20-17(19)12-15(13-8-4-3-5-9-13)14-10-6-7-11-16(14)18/h3-12H,2H2,1H3/b15-12+. The third-order valence-corrected chi connectivity index (χ3v) is 3.49. The molecule has 0 radical (unpaired) electrons. The maximum absolute atomic E-state index is 11.8. The molecule has 0 aliphatic carbocycles. The monoisotopic (exact) mass is 330 g/mol. The molecule has 0 amide bonds. The molecule has 0 aliphatic heterocycles. The average Bonchev–Trinajstić information content (AvgIpc) is 2.47. The summed E-state index contributed by atoms with van der Waals surface area (Å²) in [5, 5.41) is 0. The van der Waals surface area contributed by atoms with E-state index in [-0.39, 0.29) is 5.97 Å². The Labute approximate surface area is 127 Å². The van der Waals surface area contributed by atoms with Gasteiger partial charge in [-0.3, -0.25) is 0 Å². The molecule has 2 aromatic rings. The van der Waals surface area contributed by atoms with Gasteiger partial charge in [0.25, 0.3) is 0 Å². The van der Waals surface area contributed by atoms with Gasteiger partial charge in [0.1, 0.15) is 0 Å². The van der Waals surface area contributed by atoms with E-state index in [1.54, 1.807) is 13.0 Å². The van der Waals surface area contributed by atoms with Crippen LogP contribution in [-0.4, -0.2) is 12.6 Å². The van der Waals surface area contributed by atoms with Crippen molar-refractivity contribution in [2.45, 2.75) is 6.92 Å². The summed E-state index contributed by atoms with van der Waals surface area (Å²) in [5.74, 6) is -0.331. The van der Waals surface area contributed by atoms with Crippen molar-refractivity contribution in [1.29, 1.82) is 0 Å². The van der Waals surface area contributed by atoms with Gasteiger partial charge in [0, 0.05) is 10.5 Å². The molecule has 2 nitrogen and oxygen atoms in total. The van der Waals surface area contributed by atoms with Crippen molar-refractivity contribution in [2.24, 2.45) is 0 Å². The fourth-order valence-electron chi connectivity index (χ4n) is 1.92. The summed E-state index contributed by atoms with van der Waals surface area (Å²) in [4.78, 5) is 11.8. The topological polar surface area (TPSA) is 26.3 Å². The lowest BCUT2D eigenvalue weighted by atomic mass is 9.97. The lowest BCUT2D eigenvalue weighted by Gasteiger charge is -2.10. The minimum Gasteiger partial charge on any atom is -0.463 e. The van der Waals surface area contributed by atoms with Gasteiger partial charge >= 0.3 is 5.97 Å². The first-order valence-corrected chi connectivity index (χ1v) is 7.20. The zero-order chi connectivity index (χ0) is 14.4. The minimum absolute atomic E-state index is 0.331. The van der Waals surface area contributed by atoms with Crippen molar-refractivity contribution in [1.82, 2.24) is 0 Å². The predicted octanol–water partition coefficient (Wildman–Crippen LogP) is 4.44. The number of halogens is 1. The van der Waals surface area contributed by atoms with Crippen LogP contribution in [0, 0.1) is 0 Å². The molecular weight excluding hydrogens is 316 g/mol. The van der Waals surface area contributed by atoms with Crippen molar-refractivity contribution in [3.8, 4) is 0 Å². The molecule has 0 bridgehead atoms. The number of carbonyl (C=O) groups excluding carboxylic acids is 1. The van der Waals surface area contributed by atoms with E-state index in [1.165, 1.54) is 0 Å². The molecule has 0 aliphatic rings. The lowest BCUT2D eigenvalue weighted by molar-refractivity contribution is -0.137. The Hall–Kier alpha value is -1.87. The molecule has 2 rings (SSSR count). The molecule has 0 N–H and O–H groups in total. The van der Waals surface area contributed by atoms with E-state index in [9.17, 15) is 4.79 Å². The predicted molar refractivity (Wildman–Crippen MR) is 84.3 cm³/mol. The van der Waals surface area contributed by atoms with E-state index in [2.05, 4.69) is 15.9 Å². The first-order valence-electron chi connectivity index (χ1n) is 6.41. The van der Waals surface area contributed by atoms with E-state index in [4.69, 9.17) is 4.74 Å². The fraction of sp³-hybridized carbons (Fsp3) is 0.118. The van der Waals surface area contributed by atoms with Gasteiger partial charge in [-0.15, -0.1) is 0 Å². The van der Waals surface area contributed by atoms with Gasteiger partial charge in [-0.05, 0) is 29.7 Å². The molecule has 20 heavy (non-hydrogen) atoms.